The van der Waals surface area contributed by atoms with Crippen LogP contribution in [0.2, 0.25) is 0 Å². The molecule has 0 nitrogen and oxygen atoms in total. The minimum Gasteiger partial charge on any atom is -0.207 e. The SMILES string of the molecule is Cc1ccc(-c2ccc(-c3cc(C)c(C)c(F)c3)cc2)c(C)c1. The summed E-state index contributed by atoms with van der Waals surface area (Å²) in [7, 11) is 0. The Morgan fingerprint density at radius 1 is 0.609 bits per heavy atom. The molecule has 0 amide bonds. The number of benzene rings is 3. The summed E-state index contributed by atoms with van der Waals surface area (Å²) in [6, 6.07) is 18.5. The molecule has 3 rings (SSSR count). The molecular formula is C22H21F. The van der Waals surface area contributed by atoms with E-state index in [0.29, 0.717) is 0 Å². The first-order chi connectivity index (χ1) is 11.0. The fourth-order valence-electron chi connectivity index (χ4n) is 2.96. The molecule has 0 spiro atoms. The maximum atomic E-state index is 14.0. The fourth-order valence-corrected chi connectivity index (χ4v) is 2.96. The Balaban J connectivity index is 1.99. The first kappa shape index (κ1) is 15.5. The Bertz CT molecular complexity index is 835. The first-order valence-corrected chi connectivity index (χ1v) is 7.90. The molecule has 0 heterocycles. The van der Waals surface area contributed by atoms with E-state index in [4.69, 9.17) is 0 Å². The average molecular weight is 304 g/mol. The van der Waals surface area contributed by atoms with Crippen LogP contribution >= 0.6 is 0 Å². The molecular weight excluding hydrogens is 283 g/mol. The van der Waals surface area contributed by atoms with E-state index in [1.165, 1.54) is 22.3 Å². The topological polar surface area (TPSA) is 0 Å². The second-order valence-corrected chi connectivity index (χ2v) is 6.30. The summed E-state index contributed by atoms with van der Waals surface area (Å²) in [5.41, 5.74) is 8.66. The molecule has 0 saturated heterocycles. The van der Waals surface area contributed by atoms with Crippen molar-refractivity contribution >= 4 is 0 Å². The highest BCUT2D eigenvalue weighted by Gasteiger charge is 2.07. The predicted molar refractivity (Wildman–Crippen MR) is 96.2 cm³/mol. The molecule has 0 radical (unpaired) electrons. The Labute approximate surface area is 137 Å². The summed E-state index contributed by atoms with van der Waals surface area (Å²) in [6.07, 6.45) is 0. The van der Waals surface area contributed by atoms with Crippen LogP contribution in [0.15, 0.2) is 54.6 Å². The molecule has 3 aromatic carbocycles. The van der Waals surface area contributed by atoms with Gasteiger partial charge < -0.3 is 0 Å². The average Bonchev–Trinajstić information content (AvgIpc) is 2.52. The van der Waals surface area contributed by atoms with Crippen molar-refractivity contribution in [2.75, 3.05) is 0 Å². The second kappa shape index (κ2) is 6.00. The zero-order chi connectivity index (χ0) is 16.6. The number of hydrogen-bond acceptors (Lipinski definition) is 0. The molecule has 3 aromatic rings. The van der Waals surface area contributed by atoms with Gasteiger partial charge in [0.25, 0.3) is 0 Å². The largest absolute Gasteiger partial charge is 0.207 e. The van der Waals surface area contributed by atoms with Gasteiger partial charge in [0.2, 0.25) is 0 Å². The lowest BCUT2D eigenvalue weighted by atomic mass is 9.95. The molecule has 0 unspecified atom stereocenters. The van der Waals surface area contributed by atoms with Crippen molar-refractivity contribution in [3.05, 3.63) is 82.7 Å². The van der Waals surface area contributed by atoms with Crippen molar-refractivity contribution < 1.29 is 4.39 Å². The van der Waals surface area contributed by atoms with Gasteiger partial charge in [-0.2, -0.15) is 0 Å². The van der Waals surface area contributed by atoms with Crippen molar-refractivity contribution in [1.29, 1.82) is 0 Å². The number of rotatable bonds is 2. The van der Waals surface area contributed by atoms with Gasteiger partial charge in [0, 0.05) is 0 Å². The highest BCUT2D eigenvalue weighted by atomic mass is 19.1. The highest BCUT2D eigenvalue weighted by molar-refractivity contribution is 5.72. The van der Waals surface area contributed by atoms with Gasteiger partial charge >= 0.3 is 0 Å². The zero-order valence-electron chi connectivity index (χ0n) is 14.1. The smallest absolute Gasteiger partial charge is 0.126 e. The molecule has 0 atom stereocenters. The maximum absolute atomic E-state index is 14.0. The zero-order valence-corrected chi connectivity index (χ0v) is 14.1. The standard InChI is InChI=1S/C22H21F/c1-14-5-10-21(16(3)11-14)19-8-6-18(7-9-19)20-12-15(2)17(4)22(23)13-20/h5-13H,1-4H3. The van der Waals surface area contributed by atoms with Crippen LogP contribution in [0.3, 0.4) is 0 Å². The summed E-state index contributed by atoms with van der Waals surface area (Å²) in [5.74, 6) is -0.140. The molecule has 0 aliphatic carbocycles. The van der Waals surface area contributed by atoms with Gasteiger partial charge in [-0.1, -0.05) is 54.1 Å². The summed E-state index contributed by atoms with van der Waals surface area (Å²) < 4.78 is 14.0. The molecule has 0 saturated carbocycles. The Kier molecular flexibility index (Phi) is 4.04. The third-order valence-electron chi connectivity index (χ3n) is 4.52. The minimum absolute atomic E-state index is 0.140. The predicted octanol–water partition coefficient (Wildman–Crippen LogP) is 6.39. The van der Waals surface area contributed by atoms with Gasteiger partial charge in [0.15, 0.2) is 0 Å². The lowest BCUT2D eigenvalue weighted by Gasteiger charge is -2.10. The molecule has 0 aliphatic rings. The second-order valence-electron chi connectivity index (χ2n) is 6.30. The summed E-state index contributed by atoms with van der Waals surface area (Å²) in [4.78, 5) is 0. The van der Waals surface area contributed by atoms with E-state index in [1.807, 2.05) is 19.9 Å². The van der Waals surface area contributed by atoms with E-state index in [-0.39, 0.29) is 5.82 Å². The minimum atomic E-state index is -0.140. The van der Waals surface area contributed by atoms with Gasteiger partial charge in [-0.3, -0.25) is 0 Å². The van der Waals surface area contributed by atoms with E-state index in [2.05, 4.69) is 56.3 Å². The molecule has 0 bridgehead atoms. The van der Waals surface area contributed by atoms with E-state index in [9.17, 15) is 4.39 Å². The van der Waals surface area contributed by atoms with Crippen LogP contribution in [-0.2, 0) is 0 Å². The maximum Gasteiger partial charge on any atom is 0.126 e. The van der Waals surface area contributed by atoms with Crippen LogP contribution in [0, 0.1) is 33.5 Å². The normalized spacial score (nSPS) is 10.8. The third kappa shape index (κ3) is 3.05. The molecule has 23 heavy (non-hydrogen) atoms. The summed E-state index contributed by atoms with van der Waals surface area (Å²) in [5, 5.41) is 0. The molecule has 0 aromatic heterocycles. The molecule has 0 N–H and O–H groups in total. The number of aryl methyl sites for hydroxylation is 3. The Morgan fingerprint density at radius 3 is 1.87 bits per heavy atom. The molecule has 0 aliphatic heterocycles. The van der Waals surface area contributed by atoms with Crippen LogP contribution in [0.5, 0.6) is 0 Å². The van der Waals surface area contributed by atoms with Crippen LogP contribution < -0.4 is 0 Å². The quantitative estimate of drug-likeness (QED) is 0.514. The molecule has 1 heteroatoms. The van der Waals surface area contributed by atoms with Gasteiger partial charge in [-0.15, -0.1) is 0 Å². The van der Waals surface area contributed by atoms with Crippen molar-refractivity contribution in [3.8, 4) is 22.3 Å². The van der Waals surface area contributed by atoms with Crippen LogP contribution in [0.4, 0.5) is 4.39 Å². The van der Waals surface area contributed by atoms with Gasteiger partial charge in [0.05, 0.1) is 0 Å². The number of hydrogen-bond donors (Lipinski definition) is 0. The van der Waals surface area contributed by atoms with E-state index in [0.717, 1.165) is 22.3 Å². The van der Waals surface area contributed by atoms with E-state index in [1.54, 1.807) is 6.07 Å². The van der Waals surface area contributed by atoms with Crippen molar-refractivity contribution in [2.24, 2.45) is 0 Å². The first-order valence-electron chi connectivity index (χ1n) is 7.90. The highest BCUT2D eigenvalue weighted by Crippen LogP contribution is 2.29. The van der Waals surface area contributed by atoms with Crippen LogP contribution in [0.1, 0.15) is 22.3 Å². The van der Waals surface area contributed by atoms with Gasteiger partial charge in [0.1, 0.15) is 5.82 Å². The van der Waals surface area contributed by atoms with Gasteiger partial charge in [-0.05, 0) is 72.7 Å². The van der Waals surface area contributed by atoms with Crippen molar-refractivity contribution in [3.63, 3.8) is 0 Å². The van der Waals surface area contributed by atoms with Gasteiger partial charge in [-0.25, -0.2) is 4.39 Å². The monoisotopic (exact) mass is 304 g/mol. The fraction of sp³-hybridized carbons (Fsp3) is 0.182. The summed E-state index contributed by atoms with van der Waals surface area (Å²) >= 11 is 0. The lowest BCUT2D eigenvalue weighted by Crippen LogP contribution is -1.90. The van der Waals surface area contributed by atoms with Crippen molar-refractivity contribution in [2.45, 2.75) is 27.7 Å². The Hall–Kier alpha value is -2.41. The van der Waals surface area contributed by atoms with E-state index >= 15 is 0 Å². The molecule has 116 valence electrons. The lowest BCUT2D eigenvalue weighted by molar-refractivity contribution is 0.617. The molecule has 0 fully saturated rings. The van der Waals surface area contributed by atoms with E-state index < -0.39 is 0 Å². The Morgan fingerprint density at radius 2 is 1.26 bits per heavy atom. The van der Waals surface area contributed by atoms with Crippen molar-refractivity contribution in [1.82, 2.24) is 0 Å². The van der Waals surface area contributed by atoms with Crippen LogP contribution in [0.25, 0.3) is 22.3 Å². The van der Waals surface area contributed by atoms with Crippen LogP contribution in [-0.4, -0.2) is 0 Å². The third-order valence-corrected chi connectivity index (χ3v) is 4.52. The summed E-state index contributed by atoms with van der Waals surface area (Å²) in [6.45, 7) is 8.01. The number of halogens is 1.